The van der Waals surface area contributed by atoms with Gasteiger partial charge in [-0.25, -0.2) is 4.79 Å². The minimum atomic E-state index is -1.72. The minimum Gasteiger partial charge on any atom is -0.481 e. The van der Waals surface area contributed by atoms with Crippen LogP contribution in [0.4, 0.5) is 0 Å². The number of aliphatic imine (C=N–C) groups is 1. The summed E-state index contributed by atoms with van der Waals surface area (Å²) in [5, 5.41) is 31.0. The van der Waals surface area contributed by atoms with Gasteiger partial charge in [-0.3, -0.25) is 33.8 Å². The molecular weight excluding hydrogens is 642 g/mol. The van der Waals surface area contributed by atoms with E-state index in [1.54, 1.807) is 30.3 Å². The van der Waals surface area contributed by atoms with Crippen LogP contribution in [-0.4, -0.2) is 100 Å². The van der Waals surface area contributed by atoms with E-state index in [1.807, 2.05) is 13.8 Å². The minimum absolute atomic E-state index is 0.0588. The van der Waals surface area contributed by atoms with E-state index < -0.39 is 84.1 Å². The Morgan fingerprint density at radius 2 is 1.22 bits per heavy atom. The van der Waals surface area contributed by atoms with Gasteiger partial charge in [0.1, 0.15) is 30.2 Å². The van der Waals surface area contributed by atoms with Crippen molar-refractivity contribution in [3.8, 4) is 0 Å². The van der Waals surface area contributed by atoms with E-state index in [0.29, 0.717) is 12.0 Å². The molecule has 18 nitrogen and oxygen atoms in total. The first kappa shape index (κ1) is 41.8. The molecule has 0 unspecified atom stereocenters. The maximum atomic E-state index is 13.4. The van der Waals surface area contributed by atoms with Gasteiger partial charge in [-0.2, -0.15) is 0 Å². The van der Waals surface area contributed by atoms with E-state index >= 15 is 0 Å². The number of nitrogens with two attached hydrogens (primary N) is 3. The van der Waals surface area contributed by atoms with Crippen molar-refractivity contribution in [2.45, 2.75) is 96.1 Å². The highest BCUT2D eigenvalue weighted by Gasteiger charge is 2.32. The van der Waals surface area contributed by atoms with Crippen molar-refractivity contribution in [2.24, 2.45) is 28.1 Å². The molecule has 5 amide bonds. The van der Waals surface area contributed by atoms with Crippen LogP contribution in [0.2, 0.25) is 0 Å². The number of aliphatic carboxylic acids is 2. The van der Waals surface area contributed by atoms with Gasteiger partial charge in [0.05, 0.1) is 12.5 Å². The number of carboxylic acids is 2. The summed E-state index contributed by atoms with van der Waals surface area (Å²) in [6.07, 6.45) is -0.544. The molecule has 6 atom stereocenters. The van der Waals surface area contributed by atoms with Crippen LogP contribution in [0.25, 0.3) is 0 Å². The molecule has 0 aliphatic carbocycles. The first-order valence-electron chi connectivity index (χ1n) is 15.7. The molecule has 272 valence electrons. The average molecular weight is 692 g/mol. The molecule has 0 aliphatic heterocycles. The molecule has 18 heteroatoms. The first-order valence-corrected chi connectivity index (χ1v) is 15.7. The smallest absolute Gasteiger partial charge is 0.326 e. The summed E-state index contributed by atoms with van der Waals surface area (Å²) >= 11 is 0. The Morgan fingerprint density at radius 3 is 1.76 bits per heavy atom. The zero-order valence-electron chi connectivity index (χ0n) is 28.1. The Bertz CT molecular complexity index is 1340. The highest BCUT2D eigenvalue weighted by atomic mass is 16.4. The zero-order chi connectivity index (χ0) is 37.3. The van der Waals surface area contributed by atoms with E-state index in [-0.39, 0.29) is 37.7 Å². The van der Waals surface area contributed by atoms with Gasteiger partial charge in [-0.1, -0.05) is 44.2 Å². The van der Waals surface area contributed by atoms with Crippen molar-refractivity contribution in [3.05, 3.63) is 35.9 Å². The van der Waals surface area contributed by atoms with Crippen LogP contribution in [0, 0.1) is 5.92 Å². The lowest BCUT2D eigenvalue weighted by Crippen LogP contribution is -2.58. The van der Waals surface area contributed by atoms with Gasteiger partial charge < -0.3 is 54.0 Å². The number of amides is 5. The normalized spacial score (nSPS) is 14.5. The van der Waals surface area contributed by atoms with Crippen LogP contribution in [0.3, 0.4) is 0 Å². The van der Waals surface area contributed by atoms with Crippen molar-refractivity contribution in [2.75, 3.05) is 6.54 Å². The fourth-order valence-corrected chi connectivity index (χ4v) is 4.45. The number of carboxylic acid groups (broad SMARTS) is 2. The van der Waals surface area contributed by atoms with E-state index in [2.05, 4.69) is 31.6 Å². The number of hydrogen-bond donors (Lipinski definition) is 10. The summed E-state index contributed by atoms with van der Waals surface area (Å²) in [5.41, 5.74) is 17.1. The Morgan fingerprint density at radius 1 is 0.714 bits per heavy atom. The number of nitrogens with one attached hydrogen (secondary N) is 5. The molecule has 1 aromatic carbocycles. The topological polar surface area (TPSA) is 311 Å². The fourth-order valence-electron chi connectivity index (χ4n) is 4.45. The standard InChI is InChI=1S/C31H49N9O9/c1-16(2)13-20(32)27(45)37-17(3)25(43)36-18(4)26(44)38-21(11-8-12-35-31(33)34)28(46)39-22(15-24(41)42)29(47)40-23(30(48)49)14-19-9-6-5-7-10-19/h5-7,9-10,16-18,20-23H,8,11-15,32H2,1-4H3,(H,36,43)(H,37,45)(H,38,44)(H,39,46)(H,40,47)(H,41,42)(H,48,49)(H4,33,34,35)/t17-,18-,20-,21-,22-,23-/m0/s1. The molecule has 0 saturated heterocycles. The molecule has 1 aromatic rings. The lowest BCUT2D eigenvalue weighted by Gasteiger charge is -2.25. The largest absolute Gasteiger partial charge is 0.481 e. The highest BCUT2D eigenvalue weighted by molar-refractivity contribution is 5.97. The third kappa shape index (κ3) is 16.4. The molecule has 0 fully saturated rings. The van der Waals surface area contributed by atoms with E-state index in [4.69, 9.17) is 17.2 Å². The zero-order valence-corrected chi connectivity index (χ0v) is 28.1. The van der Waals surface area contributed by atoms with Crippen molar-refractivity contribution in [3.63, 3.8) is 0 Å². The number of carbonyl (C=O) groups excluding carboxylic acids is 5. The number of benzene rings is 1. The Hall–Kier alpha value is -5.26. The lowest BCUT2D eigenvalue weighted by atomic mass is 10.0. The van der Waals surface area contributed by atoms with E-state index in [0.717, 1.165) is 0 Å². The number of nitrogens with zero attached hydrogens (tertiary/aromatic N) is 1. The number of rotatable bonds is 21. The summed E-state index contributed by atoms with van der Waals surface area (Å²) in [6.45, 7) is 6.58. The molecule has 0 spiro atoms. The second-order valence-electron chi connectivity index (χ2n) is 12.0. The third-order valence-corrected chi connectivity index (χ3v) is 7.05. The SMILES string of the molecule is CC(C)C[C@H](N)C(=O)N[C@@H](C)C(=O)N[C@@H](C)C(=O)N[C@@H](CCCN=C(N)N)C(=O)N[C@@H](CC(=O)O)C(=O)N[C@@H](Cc1ccccc1)C(=O)O. The van der Waals surface area contributed by atoms with Gasteiger partial charge in [0, 0.05) is 13.0 Å². The highest BCUT2D eigenvalue weighted by Crippen LogP contribution is 2.07. The molecule has 0 heterocycles. The third-order valence-electron chi connectivity index (χ3n) is 7.05. The van der Waals surface area contributed by atoms with E-state index in [9.17, 15) is 43.8 Å². The maximum absolute atomic E-state index is 13.4. The first-order chi connectivity index (χ1) is 22.9. The average Bonchev–Trinajstić information content (AvgIpc) is 3.01. The van der Waals surface area contributed by atoms with Crippen LogP contribution < -0.4 is 43.8 Å². The molecule has 0 bridgehead atoms. The van der Waals surface area contributed by atoms with Gasteiger partial charge in [0.15, 0.2) is 5.96 Å². The molecule has 1 rings (SSSR count). The summed E-state index contributed by atoms with van der Waals surface area (Å²) in [5.74, 6) is -7.02. The quantitative estimate of drug-likeness (QED) is 0.0369. The van der Waals surface area contributed by atoms with Crippen molar-refractivity contribution < 1.29 is 43.8 Å². The monoisotopic (exact) mass is 691 g/mol. The van der Waals surface area contributed by atoms with Gasteiger partial charge in [-0.15, -0.1) is 0 Å². The van der Waals surface area contributed by atoms with Crippen LogP contribution >= 0.6 is 0 Å². The summed E-state index contributed by atoms with van der Waals surface area (Å²) in [7, 11) is 0. The van der Waals surface area contributed by atoms with Gasteiger partial charge in [-0.05, 0) is 44.6 Å². The fraction of sp³-hybridized carbons (Fsp3) is 0.548. The molecule has 0 aromatic heterocycles. The predicted octanol–water partition coefficient (Wildman–Crippen LogP) is -2.32. The molecular formula is C31H49N9O9. The van der Waals surface area contributed by atoms with Gasteiger partial charge in [0.25, 0.3) is 0 Å². The number of guanidine groups is 1. The summed E-state index contributed by atoms with van der Waals surface area (Å²) < 4.78 is 0. The number of carbonyl (C=O) groups is 7. The molecule has 49 heavy (non-hydrogen) atoms. The summed E-state index contributed by atoms with van der Waals surface area (Å²) in [6, 6.07) is 0.767. The van der Waals surface area contributed by atoms with Crippen molar-refractivity contribution >= 4 is 47.4 Å². The van der Waals surface area contributed by atoms with Crippen molar-refractivity contribution in [1.82, 2.24) is 26.6 Å². The molecule has 0 radical (unpaired) electrons. The van der Waals surface area contributed by atoms with E-state index in [1.165, 1.54) is 13.8 Å². The Kier molecular flexibility index (Phi) is 17.8. The van der Waals surface area contributed by atoms with Crippen LogP contribution in [0.15, 0.2) is 35.3 Å². The number of hydrogen-bond acceptors (Lipinski definition) is 9. The second-order valence-corrected chi connectivity index (χ2v) is 12.0. The van der Waals surface area contributed by atoms with Gasteiger partial charge in [0.2, 0.25) is 29.5 Å². The molecule has 0 aliphatic rings. The molecule has 0 saturated carbocycles. The van der Waals surface area contributed by atoms with Crippen molar-refractivity contribution in [1.29, 1.82) is 0 Å². The Labute approximate surface area is 284 Å². The second kappa shape index (κ2) is 20.9. The lowest BCUT2D eigenvalue weighted by molar-refractivity contribution is -0.143. The van der Waals surface area contributed by atoms with Crippen LogP contribution in [0.5, 0.6) is 0 Å². The summed E-state index contributed by atoms with van der Waals surface area (Å²) in [4.78, 5) is 91.9. The maximum Gasteiger partial charge on any atom is 0.326 e. The van der Waals surface area contributed by atoms with Crippen LogP contribution in [0.1, 0.15) is 58.9 Å². The van der Waals surface area contributed by atoms with Gasteiger partial charge >= 0.3 is 11.9 Å². The van der Waals surface area contributed by atoms with Crippen LogP contribution in [-0.2, 0) is 40.0 Å². The Balaban J connectivity index is 3.06. The predicted molar refractivity (Wildman–Crippen MR) is 178 cm³/mol. The molecule has 13 N–H and O–H groups in total.